The largest absolute Gasteiger partial charge is 0.396 e. The topological polar surface area (TPSA) is 56.3 Å². The van der Waals surface area contributed by atoms with Crippen LogP contribution < -0.4 is 10.6 Å². The van der Waals surface area contributed by atoms with Gasteiger partial charge in [-0.3, -0.25) is 4.90 Å². The molecule has 4 heteroatoms. The first kappa shape index (κ1) is 13.3. The Hall–Kier alpha value is -1.73. The maximum absolute atomic E-state index is 9.14. The Morgan fingerprint density at radius 2 is 2.15 bits per heavy atom. The molecule has 0 aliphatic carbocycles. The lowest BCUT2D eigenvalue weighted by molar-refractivity contribution is 0.115. The lowest BCUT2D eigenvalue weighted by Crippen LogP contribution is -2.59. The van der Waals surface area contributed by atoms with Crippen LogP contribution >= 0.6 is 0 Å². The van der Waals surface area contributed by atoms with E-state index in [-0.39, 0.29) is 0 Å². The molecule has 0 radical (unpaired) electrons. The van der Waals surface area contributed by atoms with Gasteiger partial charge in [0.05, 0.1) is 16.9 Å². The van der Waals surface area contributed by atoms with Gasteiger partial charge >= 0.3 is 0 Å². The van der Waals surface area contributed by atoms with Gasteiger partial charge in [0.15, 0.2) is 0 Å². The van der Waals surface area contributed by atoms with E-state index < -0.39 is 0 Å². The molecule has 0 saturated carbocycles. The van der Waals surface area contributed by atoms with Crippen molar-refractivity contribution in [2.75, 3.05) is 30.3 Å². The minimum absolute atomic E-state index is 0.445. The number of piperidine rings is 1. The molecule has 1 aromatic carbocycles. The fraction of sp³-hybridized carbons (Fsp3) is 0.562. The molecular weight excluding hydrogens is 248 g/mol. The number of nitriles is 1. The van der Waals surface area contributed by atoms with Crippen LogP contribution in [0, 0.1) is 11.3 Å². The van der Waals surface area contributed by atoms with Crippen LogP contribution in [0.2, 0.25) is 0 Å². The zero-order valence-corrected chi connectivity index (χ0v) is 12.0. The molecule has 0 amide bonds. The number of para-hydroxylation sites is 1. The summed E-state index contributed by atoms with van der Waals surface area (Å²) in [4.78, 5) is 5.01. The number of anilines is 2. The van der Waals surface area contributed by atoms with E-state index in [1.807, 2.05) is 12.1 Å². The van der Waals surface area contributed by atoms with Gasteiger partial charge in [-0.15, -0.1) is 0 Å². The summed E-state index contributed by atoms with van der Waals surface area (Å²) in [7, 11) is 0. The lowest BCUT2D eigenvalue weighted by atomic mass is 9.96. The van der Waals surface area contributed by atoms with E-state index in [1.165, 1.54) is 25.8 Å². The molecule has 4 nitrogen and oxygen atoms in total. The number of piperazine rings is 1. The summed E-state index contributed by atoms with van der Waals surface area (Å²) in [6, 6.07) is 9.05. The van der Waals surface area contributed by atoms with Crippen LogP contribution in [0.5, 0.6) is 0 Å². The van der Waals surface area contributed by atoms with Crippen LogP contribution in [0.15, 0.2) is 18.2 Å². The number of hydrogen-bond acceptors (Lipinski definition) is 4. The zero-order chi connectivity index (χ0) is 14.1. The molecule has 20 heavy (non-hydrogen) atoms. The average molecular weight is 270 g/mol. The molecule has 0 bridgehead atoms. The number of benzene rings is 1. The number of rotatable bonds is 1. The Kier molecular flexibility index (Phi) is 3.54. The van der Waals surface area contributed by atoms with Gasteiger partial charge in [0, 0.05) is 25.2 Å². The number of hydrogen-bond donors (Lipinski definition) is 1. The number of fused-ring (bicyclic) bond motifs is 1. The third-order valence-electron chi connectivity index (χ3n) is 4.70. The Balaban J connectivity index is 1.88. The molecule has 2 aliphatic rings. The van der Waals surface area contributed by atoms with E-state index in [2.05, 4.69) is 22.8 Å². The van der Waals surface area contributed by atoms with Crippen molar-refractivity contribution in [2.24, 2.45) is 0 Å². The van der Waals surface area contributed by atoms with Gasteiger partial charge in [-0.05, 0) is 38.4 Å². The smallest absolute Gasteiger partial charge is 0.101 e. The van der Waals surface area contributed by atoms with Gasteiger partial charge in [-0.25, -0.2) is 0 Å². The molecule has 3 rings (SSSR count). The van der Waals surface area contributed by atoms with Gasteiger partial charge in [-0.1, -0.05) is 12.5 Å². The van der Waals surface area contributed by atoms with E-state index in [9.17, 15) is 0 Å². The van der Waals surface area contributed by atoms with Crippen molar-refractivity contribution in [3.05, 3.63) is 23.8 Å². The molecule has 0 spiro atoms. The molecule has 1 aromatic rings. The average Bonchev–Trinajstić information content (AvgIpc) is 2.47. The van der Waals surface area contributed by atoms with Crippen molar-refractivity contribution < 1.29 is 0 Å². The maximum Gasteiger partial charge on any atom is 0.101 e. The van der Waals surface area contributed by atoms with Gasteiger partial charge in [-0.2, -0.15) is 5.26 Å². The highest BCUT2D eigenvalue weighted by molar-refractivity contribution is 5.74. The maximum atomic E-state index is 9.14. The van der Waals surface area contributed by atoms with Crippen molar-refractivity contribution in [1.29, 1.82) is 5.26 Å². The predicted octanol–water partition coefficient (Wildman–Crippen LogP) is 2.20. The van der Waals surface area contributed by atoms with Crippen LogP contribution in [0.25, 0.3) is 0 Å². The van der Waals surface area contributed by atoms with Crippen molar-refractivity contribution in [2.45, 2.75) is 38.3 Å². The van der Waals surface area contributed by atoms with Gasteiger partial charge in [0.25, 0.3) is 0 Å². The van der Waals surface area contributed by atoms with Crippen LogP contribution in [0.4, 0.5) is 11.4 Å². The molecular formula is C16H22N4. The van der Waals surface area contributed by atoms with Crippen LogP contribution in [-0.2, 0) is 0 Å². The quantitative estimate of drug-likeness (QED) is 0.795. The SMILES string of the molecule is CC1CN2CCCCC2CN1c1cccc(C#N)c1N. The third-order valence-corrected chi connectivity index (χ3v) is 4.70. The molecule has 2 saturated heterocycles. The van der Waals surface area contributed by atoms with Gasteiger partial charge in [0.2, 0.25) is 0 Å². The van der Waals surface area contributed by atoms with E-state index in [1.54, 1.807) is 6.07 Å². The third kappa shape index (κ3) is 2.23. The summed E-state index contributed by atoms with van der Waals surface area (Å²) in [6.45, 7) is 5.61. The van der Waals surface area contributed by atoms with E-state index in [0.29, 0.717) is 23.3 Å². The molecule has 2 aliphatic heterocycles. The molecule has 0 aromatic heterocycles. The second-order valence-electron chi connectivity index (χ2n) is 6.00. The molecule has 2 fully saturated rings. The molecule has 2 heterocycles. The first-order valence-electron chi connectivity index (χ1n) is 7.50. The minimum Gasteiger partial charge on any atom is -0.396 e. The van der Waals surface area contributed by atoms with Crippen LogP contribution in [0.3, 0.4) is 0 Å². The lowest BCUT2D eigenvalue weighted by Gasteiger charge is -2.48. The van der Waals surface area contributed by atoms with Crippen molar-refractivity contribution in [1.82, 2.24) is 4.90 Å². The second-order valence-corrected chi connectivity index (χ2v) is 6.00. The Morgan fingerprint density at radius 3 is 2.95 bits per heavy atom. The summed E-state index contributed by atoms with van der Waals surface area (Å²) in [6.07, 6.45) is 3.94. The highest BCUT2D eigenvalue weighted by Gasteiger charge is 2.33. The summed E-state index contributed by atoms with van der Waals surface area (Å²) >= 11 is 0. The predicted molar refractivity (Wildman–Crippen MR) is 81.6 cm³/mol. The summed E-state index contributed by atoms with van der Waals surface area (Å²) in [5, 5.41) is 9.14. The van der Waals surface area contributed by atoms with Crippen LogP contribution in [0.1, 0.15) is 31.7 Å². The zero-order valence-electron chi connectivity index (χ0n) is 12.0. The second kappa shape index (κ2) is 5.34. The van der Waals surface area contributed by atoms with Crippen molar-refractivity contribution >= 4 is 11.4 Å². The number of nitrogens with two attached hydrogens (primary N) is 1. The molecule has 2 unspecified atom stereocenters. The van der Waals surface area contributed by atoms with Gasteiger partial charge < -0.3 is 10.6 Å². The number of nitrogen functional groups attached to an aromatic ring is 1. The first-order chi connectivity index (χ1) is 9.70. The Morgan fingerprint density at radius 1 is 1.30 bits per heavy atom. The first-order valence-corrected chi connectivity index (χ1v) is 7.50. The van der Waals surface area contributed by atoms with Crippen molar-refractivity contribution in [3.63, 3.8) is 0 Å². The highest BCUT2D eigenvalue weighted by Crippen LogP contribution is 2.32. The normalized spacial score (nSPS) is 26.9. The van der Waals surface area contributed by atoms with E-state index in [0.717, 1.165) is 18.8 Å². The van der Waals surface area contributed by atoms with Gasteiger partial charge in [0.1, 0.15) is 6.07 Å². The summed E-state index contributed by atoms with van der Waals surface area (Å²) in [5.74, 6) is 0. The number of nitrogens with zero attached hydrogens (tertiary/aromatic N) is 3. The fourth-order valence-electron chi connectivity index (χ4n) is 3.59. The standard InChI is InChI=1S/C16H22N4/c1-12-10-19-8-3-2-6-14(19)11-20(12)15-7-4-5-13(9-17)16(15)18/h4-5,7,12,14H,2-3,6,8,10-11,18H2,1H3. The minimum atomic E-state index is 0.445. The highest BCUT2D eigenvalue weighted by atomic mass is 15.3. The molecule has 2 atom stereocenters. The molecule has 106 valence electrons. The summed E-state index contributed by atoms with van der Waals surface area (Å²) < 4.78 is 0. The Bertz CT molecular complexity index is 534. The fourth-order valence-corrected chi connectivity index (χ4v) is 3.59. The molecule has 2 N–H and O–H groups in total. The monoisotopic (exact) mass is 270 g/mol. The van der Waals surface area contributed by atoms with E-state index >= 15 is 0 Å². The van der Waals surface area contributed by atoms with Crippen molar-refractivity contribution in [3.8, 4) is 6.07 Å². The van der Waals surface area contributed by atoms with Crippen LogP contribution in [-0.4, -0.2) is 36.6 Å². The van der Waals surface area contributed by atoms with E-state index in [4.69, 9.17) is 11.0 Å². The Labute approximate surface area is 120 Å². The summed E-state index contributed by atoms with van der Waals surface area (Å²) in [5.41, 5.74) is 8.42.